The Hall–Kier alpha value is -3.35. The zero-order valence-corrected chi connectivity index (χ0v) is 20.9. The van der Waals surface area contributed by atoms with Crippen LogP contribution in [0.15, 0.2) is 48.5 Å². The highest BCUT2D eigenvalue weighted by Crippen LogP contribution is 2.40. The van der Waals surface area contributed by atoms with Crippen molar-refractivity contribution in [2.45, 2.75) is 39.2 Å². The average molecular weight is 478 g/mol. The average Bonchev–Trinajstić information content (AvgIpc) is 3.23. The Labute approximate surface area is 207 Å². The van der Waals surface area contributed by atoms with Gasteiger partial charge in [0.2, 0.25) is 11.8 Å². The predicted molar refractivity (Wildman–Crippen MR) is 136 cm³/mol. The van der Waals surface area contributed by atoms with Gasteiger partial charge in [0.25, 0.3) is 0 Å². The van der Waals surface area contributed by atoms with E-state index in [1.807, 2.05) is 58.3 Å². The molecule has 2 aromatic rings. The largest absolute Gasteiger partial charge is 0.497 e. The lowest BCUT2D eigenvalue weighted by Gasteiger charge is -2.38. The third-order valence-electron chi connectivity index (χ3n) is 7.19. The summed E-state index contributed by atoms with van der Waals surface area (Å²) in [5.74, 6) is 0.548. The summed E-state index contributed by atoms with van der Waals surface area (Å²) in [4.78, 5) is 44.3. The summed E-state index contributed by atoms with van der Waals surface area (Å²) in [7, 11) is 1.63. The number of anilines is 1. The number of hydrogen-bond donors (Lipinski definition) is 0. The summed E-state index contributed by atoms with van der Waals surface area (Å²) >= 11 is 0. The van der Waals surface area contributed by atoms with Gasteiger partial charge in [-0.1, -0.05) is 25.5 Å². The van der Waals surface area contributed by atoms with Gasteiger partial charge >= 0.3 is 0 Å². The fourth-order valence-electron chi connectivity index (χ4n) is 5.14. The number of carbonyl (C=O) groups is 3. The minimum absolute atomic E-state index is 0.0532. The maximum atomic E-state index is 13.7. The van der Waals surface area contributed by atoms with Gasteiger partial charge in [-0.2, -0.15) is 0 Å². The van der Waals surface area contributed by atoms with Gasteiger partial charge in [0.1, 0.15) is 5.75 Å². The van der Waals surface area contributed by atoms with Gasteiger partial charge in [-0.15, -0.1) is 0 Å². The van der Waals surface area contributed by atoms with Crippen molar-refractivity contribution in [2.24, 2.45) is 5.92 Å². The van der Waals surface area contributed by atoms with Crippen molar-refractivity contribution in [1.29, 1.82) is 0 Å². The molecular formula is C28H35N3O4. The fourth-order valence-corrected chi connectivity index (χ4v) is 5.14. The molecule has 4 rings (SSSR count). The van der Waals surface area contributed by atoms with Crippen molar-refractivity contribution in [2.75, 3.05) is 44.7 Å². The number of ether oxygens (including phenoxy) is 1. The minimum Gasteiger partial charge on any atom is -0.497 e. The second-order valence-corrected chi connectivity index (χ2v) is 9.38. The van der Waals surface area contributed by atoms with Crippen molar-refractivity contribution in [3.63, 3.8) is 0 Å². The van der Waals surface area contributed by atoms with E-state index in [4.69, 9.17) is 4.74 Å². The molecule has 0 aromatic heterocycles. The molecule has 0 spiro atoms. The number of rotatable bonds is 8. The van der Waals surface area contributed by atoms with Crippen LogP contribution in [0.25, 0.3) is 0 Å². The van der Waals surface area contributed by atoms with Crippen LogP contribution in [-0.2, 0) is 9.59 Å². The number of hydrogen-bond acceptors (Lipinski definition) is 5. The molecule has 2 fully saturated rings. The maximum Gasteiger partial charge on any atom is 0.228 e. The van der Waals surface area contributed by atoms with E-state index in [0.29, 0.717) is 25.2 Å². The third kappa shape index (κ3) is 5.34. The van der Waals surface area contributed by atoms with Crippen LogP contribution in [0.3, 0.4) is 0 Å². The first-order chi connectivity index (χ1) is 16.9. The topological polar surface area (TPSA) is 70.2 Å². The van der Waals surface area contributed by atoms with Gasteiger partial charge in [-0.3, -0.25) is 14.4 Å². The Bertz CT molecular complexity index is 1040. The zero-order chi connectivity index (χ0) is 24.9. The summed E-state index contributed by atoms with van der Waals surface area (Å²) in [5.41, 5.74) is 2.74. The first kappa shape index (κ1) is 24.8. The molecule has 2 saturated heterocycles. The highest BCUT2D eigenvalue weighted by molar-refractivity contribution is 5.94. The highest BCUT2D eigenvalue weighted by atomic mass is 16.5. The lowest BCUT2D eigenvalue weighted by atomic mass is 9.91. The SMILES string of the molecule is CCCCN1C(=O)CC(C(=O)N2CCN(c3ccc(C(C)=O)cc3)CC2)C1c1ccc(OC)cc1. The number of unbranched alkanes of at least 4 members (excludes halogenated alkanes) is 1. The van der Waals surface area contributed by atoms with Crippen molar-refractivity contribution in [3.8, 4) is 5.75 Å². The molecular weight excluding hydrogens is 442 g/mol. The smallest absolute Gasteiger partial charge is 0.228 e. The molecule has 186 valence electrons. The van der Waals surface area contributed by atoms with Gasteiger partial charge in [0, 0.05) is 50.4 Å². The van der Waals surface area contributed by atoms with Crippen LogP contribution < -0.4 is 9.64 Å². The van der Waals surface area contributed by atoms with Crippen molar-refractivity contribution in [1.82, 2.24) is 9.80 Å². The van der Waals surface area contributed by atoms with Crippen LogP contribution in [0.4, 0.5) is 5.69 Å². The summed E-state index contributed by atoms with van der Waals surface area (Å²) in [6.07, 6.45) is 2.17. The van der Waals surface area contributed by atoms with Gasteiger partial charge in [0.15, 0.2) is 5.78 Å². The van der Waals surface area contributed by atoms with Crippen molar-refractivity contribution in [3.05, 3.63) is 59.7 Å². The number of amides is 2. The lowest BCUT2D eigenvalue weighted by molar-refractivity contribution is -0.136. The molecule has 0 aliphatic carbocycles. The Kier molecular flexibility index (Phi) is 7.73. The summed E-state index contributed by atoms with van der Waals surface area (Å²) < 4.78 is 5.30. The van der Waals surface area contributed by atoms with Gasteiger partial charge in [-0.05, 0) is 55.3 Å². The Morgan fingerprint density at radius 1 is 0.971 bits per heavy atom. The van der Waals surface area contributed by atoms with Crippen LogP contribution in [0.5, 0.6) is 5.75 Å². The molecule has 0 saturated carbocycles. The molecule has 2 heterocycles. The van der Waals surface area contributed by atoms with E-state index in [1.165, 1.54) is 0 Å². The molecule has 2 unspecified atom stereocenters. The van der Waals surface area contributed by atoms with E-state index < -0.39 is 0 Å². The molecule has 2 atom stereocenters. The normalized spacial score (nSPS) is 20.3. The third-order valence-corrected chi connectivity index (χ3v) is 7.19. The number of Topliss-reactive ketones (excluding diaryl/α,β-unsaturated/α-hetero) is 1. The van der Waals surface area contributed by atoms with Gasteiger partial charge < -0.3 is 19.4 Å². The first-order valence-corrected chi connectivity index (χ1v) is 12.5. The molecule has 0 radical (unpaired) electrons. The Morgan fingerprint density at radius 3 is 2.20 bits per heavy atom. The number of piperazine rings is 1. The highest BCUT2D eigenvalue weighted by Gasteiger charge is 2.45. The second-order valence-electron chi connectivity index (χ2n) is 9.38. The molecule has 7 nitrogen and oxygen atoms in total. The van der Waals surface area contributed by atoms with Crippen LogP contribution in [-0.4, -0.2) is 67.2 Å². The van der Waals surface area contributed by atoms with E-state index in [2.05, 4.69) is 11.8 Å². The maximum absolute atomic E-state index is 13.7. The van der Waals surface area contributed by atoms with E-state index >= 15 is 0 Å². The predicted octanol–water partition coefficient (Wildman–Crippen LogP) is 3.94. The number of nitrogens with zero attached hydrogens (tertiary/aromatic N) is 3. The summed E-state index contributed by atoms with van der Waals surface area (Å²) in [6.45, 7) is 7.01. The quantitative estimate of drug-likeness (QED) is 0.539. The Balaban J connectivity index is 1.47. The molecule has 2 aliphatic heterocycles. The van der Waals surface area contributed by atoms with Crippen LogP contribution in [0.2, 0.25) is 0 Å². The number of benzene rings is 2. The lowest BCUT2D eigenvalue weighted by Crippen LogP contribution is -2.51. The molecule has 7 heteroatoms. The zero-order valence-electron chi connectivity index (χ0n) is 20.9. The molecule has 0 N–H and O–H groups in total. The molecule has 2 amide bonds. The molecule has 0 bridgehead atoms. The van der Waals surface area contributed by atoms with Crippen LogP contribution >= 0.6 is 0 Å². The Morgan fingerprint density at radius 2 is 1.63 bits per heavy atom. The number of likely N-dealkylation sites (tertiary alicyclic amines) is 1. The van der Waals surface area contributed by atoms with Crippen molar-refractivity contribution < 1.29 is 19.1 Å². The number of methoxy groups -OCH3 is 1. The van der Waals surface area contributed by atoms with E-state index in [1.54, 1.807) is 14.0 Å². The summed E-state index contributed by atoms with van der Waals surface area (Å²) in [6, 6.07) is 15.1. The number of ketones is 1. The second kappa shape index (κ2) is 10.9. The fraction of sp³-hybridized carbons (Fsp3) is 0.464. The van der Waals surface area contributed by atoms with Gasteiger partial charge in [0.05, 0.1) is 19.1 Å². The molecule has 2 aliphatic rings. The monoisotopic (exact) mass is 477 g/mol. The van der Waals surface area contributed by atoms with E-state index in [0.717, 1.165) is 42.9 Å². The standard InChI is InChI=1S/C28H35N3O4/c1-4-5-14-31-26(33)19-25(27(31)22-8-12-24(35-3)13-9-22)28(34)30-17-15-29(16-18-30)23-10-6-21(7-11-23)20(2)32/h6-13,25,27H,4-5,14-19H2,1-3H3. The first-order valence-electron chi connectivity index (χ1n) is 12.5. The molecule has 35 heavy (non-hydrogen) atoms. The summed E-state index contributed by atoms with van der Waals surface area (Å²) in [5, 5.41) is 0. The molecule has 2 aromatic carbocycles. The van der Waals surface area contributed by atoms with E-state index in [9.17, 15) is 14.4 Å². The van der Waals surface area contributed by atoms with Crippen LogP contribution in [0.1, 0.15) is 55.1 Å². The van der Waals surface area contributed by atoms with Crippen LogP contribution in [0, 0.1) is 5.92 Å². The number of carbonyl (C=O) groups excluding carboxylic acids is 3. The minimum atomic E-state index is -0.380. The van der Waals surface area contributed by atoms with E-state index in [-0.39, 0.29) is 36.0 Å². The van der Waals surface area contributed by atoms with Gasteiger partial charge in [-0.25, -0.2) is 0 Å². The van der Waals surface area contributed by atoms with Crippen molar-refractivity contribution >= 4 is 23.3 Å².